The number of hydrogen-bond donors (Lipinski definition) is 2. The molecule has 0 unspecified atom stereocenters. The van der Waals surface area contributed by atoms with Gasteiger partial charge in [0.25, 0.3) is 5.69 Å². The van der Waals surface area contributed by atoms with Gasteiger partial charge in [-0.1, -0.05) is 12.1 Å². The standard InChI is InChI=1S/C17H14FN5O3/c18-13-3-1-12(2-4-13)10-22-11-15(9-19-22)21-17(24)20-14-5-7-16(8-6-14)23(25)26/h1-9,11H,10H2,(H2,20,21,24). The lowest BCUT2D eigenvalue weighted by atomic mass is 10.2. The number of benzene rings is 2. The first-order valence-electron chi connectivity index (χ1n) is 7.59. The smallest absolute Gasteiger partial charge is 0.308 e. The summed E-state index contributed by atoms with van der Waals surface area (Å²) in [4.78, 5) is 22.1. The highest BCUT2D eigenvalue weighted by atomic mass is 19.1. The second-order valence-electron chi connectivity index (χ2n) is 5.44. The van der Waals surface area contributed by atoms with E-state index in [0.717, 1.165) is 5.56 Å². The molecular formula is C17H14FN5O3. The number of aromatic nitrogens is 2. The minimum Gasteiger partial charge on any atom is -0.308 e. The van der Waals surface area contributed by atoms with Gasteiger partial charge in [0, 0.05) is 24.0 Å². The summed E-state index contributed by atoms with van der Waals surface area (Å²) in [5.74, 6) is -0.306. The van der Waals surface area contributed by atoms with E-state index in [0.29, 0.717) is 17.9 Å². The Morgan fingerprint density at radius 2 is 1.73 bits per heavy atom. The molecule has 0 spiro atoms. The van der Waals surface area contributed by atoms with Gasteiger partial charge >= 0.3 is 6.03 Å². The maximum Gasteiger partial charge on any atom is 0.323 e. The zero-order valence-corrected chi connectivity index (χ0v) is 13.4. The van der Waals surface area contributed by atoms with Crippen molar-refractivity contribution in [3.05, 3.63) is 82.4 Å². The van der Waals surface area contributed by atoms with Gasteiger partial charge in [0.2, 0.25) is 0 Å². The molecule has 26 heavy (non-hydrogen) atoms. The number of nitrogens with one attached hydrogen (secondary N) is 2. The van der Waals surface area contributed by atoms with Gasteiger partial charge in [-0.05, 0) is 29.8 Å². The fraction of sp³-hybridized carbons (Fsp3) is 0.0588. The summed E-state index contributed by atoms with van der Waals surface area (Å²) in [6, 6.07) is 11.0. The normalized spacial score (nSPS) is 10.3. The molecule has 0 fully saturated rings. The molecule has 1 heterocycles. The second kappa shape index (κ2) is 7.43. The number of nitro groups is 1. The Kier molecular flexibility index (Phi) is 4.88. The summed E-state index contributed by atoms with van der Waals surface area (Å²) in [6.07, 6.45) is 3.12. The van der Waals surface area contributed by atoms with E-state index in [9.17, 15) is 19.3 Å². The van der Waals surface area contributed by atoms with Gasteiger partial charge in [-0.15, -0.1) is 0 Å². The fourth-order valence-corrected chi connectivity index (χ4v) is 2.25. The second-order valence-corrected chi connectivity index (χ2v) is 5.44. The summed E-state index contributed by atoms with van der Waals surface area (Å²) < 4.78 is 14.5. The van der Waals surface area contributed by atoms with E-state index in [1.165, 1.54) is 42.6 Å². The number of rotatable bonds is 5. The first-order valence-corrected chi connectivity index (χ1v) is 7.59. The van der Waals surface area contributed by atoms with Crippen molar-refractivity contribution < 1.29 is 14.1 Å². The van der Waals surface area contributed by atoms with Gasteiger partial charge in [0.1, 0.15) is 5.82 Å². The number of carbonyl (C=O) groups excluding carboxylic acids is 1. The van der Waals surface area contributed by atoms with E-state index in [4.69, 9.17) is 0 Å². The molecule has 0 radical (unpaired) electrons. The fourth-order valence-electron chi connectivity index (χ4n) is 2.25. The van der Waals surface area contributed by atoms with Crippen LogP contribution < -0.4 is 10.6 Å². The van der Waals surface area contributed by atoms with E-state index in [1.807, 2.05) is 0 Å². The topological polar surface area (TPSA) is 102 Å². The molecule has 0 aliphatic carbocycles. The van der Waals surface area contributed by atoms with Crippen LogP contribution in [-0.2, 0) is 6.54 Å². The molecule has 132 valence electrons. The van der Waals surface area contributed by atoms with Gasteiger partial charge < -0.3 is 10.6 Å². The number of nitro benzene ring substituents is 1. The molecule has 0 atom stereocenters. The number of amides is 2. The predicted molar refractivity (Wildman–Crippen MR) is 93.5 cm³/mol. The first-order chi connectivity index (χ1) is 12.5. The Morgan fingerprint density at radius 1 is 1.08 bits per heavy atom. The van der Waals surface area contributed by atoms with E-state index in [1.54, 1.807) is 23.0 Å². The van der Waals surface area contributed by atoms with Crippen LogP contribution in [0.2, 0.25) is 0 Å². The van der Waals surface area contributed by atoms with Crippen LogP contribution in [0.15, 0.2) is 60.9 Å². The van der Waals surface area contributed by atoms with E-state index in [-0.39, 0.29) is 11.5 Å². The zero-order valence-electron chi connectivity index (χ0n) is 13.4. The van der Waals surface area contributed by atoms with Crippen molar-refractivity contribution in [2.45, 2.75) is 6.54 Å². The van der Waals surface area contributed by atoms with Crippen LogP contribution in [0.5, 0.6) is 0 Å². The van der Waals surface area contributed by atoms with Crippen molar-refractivity contribution in [2.24, 2.45) is 0 Å². The number of halogens is 1. The number of anilines is 2. The summed E-state index contributed by atoms with van der Waals surface area (Å²) in [5.41, 5.74) is 1.72. The molecule has 0 aliphatic rings. The molecule has 3 aromatic rings. The van der Waals surface area contributed by atoms with Gasteiger partial charge in [-0.25, -0.2) is 9.18 Å². The third-order valence-corrected chi connectivity index (χ3v) is 3.48. The van der Waals surface area contributed by atoms with Crippen LogP contribution in [0, 0.1) is 15.9 Å². The Morgan fingerprint density at radius 3 is 2.38 bits per heavy atom. The minimum atomic E-state index is -0.515. The molecule has 3 rings (SSSR count). The van der Waals surface area contributed by atoms with Crippen molar-refractivity contribution in [3.63, 3.8) is 0 Å². The largest absolute Gasteiger partial charge is 0.323 e. The highest BCUT2D eigenvalue weighted by Gasteiger charge is 2.08. The van der Waals surface area contributed by atoms with Crippen molar-refractivity contribution in [1.29, 1.82) is 0 Å². The van der Waals surface area contributed by atoms with Crippen LogP contribution in [0.1, 0.15) is 5.56 Å². The molecule has 0 aliphatic heterocycles. The first kappa shape index (κ1) is 17.1. The average Bonchev–Trinajstić information content (AvgIpc) is 3.04. The predicted octanol–water partition coefficient (Wildman–Crippen LogP) is 3.62. The lowest BCUT2D eigenvalue weighted by molar-refractivity contribution is -0.384. The number of nitrogens with zero attached hydrogens (tertiary/aromatic N) is 3. The van der Waals surface area contributed by atoms with Crippen LogP contribution >= 0.6 is 0 Å². The lowest BCUT2D eigenvalue weighted by Gasteiger charge is -2.05. The summed E-state index contributed by atoms with van der Waals surface area (Å²) in [7, 11) is 0. The van der Waals surface area contributed by atoms with Crippen molar-refractivity contribution in [1.82, 2.24) is 9.78 Å². The number of carbonyl (C=O) groups is 1. The molecule has 2 aromatic carbocycles. The quantitative estimate of drug-likeness (QED) is 0.539. The third kappa shape index (κ3) is 4.41. The highest BCUT2D eigenvalue weighted by molar-refractivity contribution is 5.99. The molecule has 2 amide bonds. The monoisotopic (exact) mass is 355 g/mol. The van der Waals surface area contributed by atoms with Crippen LogP contribution in [-0.4, -0.2) is 20.7 Å². The lowest BCUT2D eigenvalue weighted by Crippen LogP contribution is -2.19. The molecule has 9 heteroatoms. The van der Waals surface area contributed by atoms with Gasteiger partial charge in [0.05, 0.1) is 23.4 Å². The van der Waals surface area contributed by atoms with Crippen LogP contribution in [0.3, 0.4) is 0 Å². The van der Waals surface area contributed by atoms with Crippen molar-refractivity contribution in [2.75, 3.05) is 10.6 Å². The number of hydrogen-bond acceptors (Lipinski definition) is 4. The van der Waals surface area contributed by atoms with Gasteiger partial charge in [-0.3, -0.25) is 14.8 Å². The molecule has 0 saturated heterocycles. The van der Waals surface area contributed by atoms with Crippen LogP contribution in [0.25, 0.3) is 0 Å². The van der Waals surface area contributed by atoms with E-state index in [2.05, 4.69) is 15.7 Å². The Balaban J connectivity index is 1.57. The van der Waals surface area contributed by atoms with Gasteiger partial charge in [-0.2, -0.15) is 5.10 Å². The zero-order chi connectivity index (χ0) is 18.5. The minimum absolute atomic E-state index is 0.0574. The van der Waals surface area contributed by atoms with Gasteiger partial charge in [0.15, 0.2) is 0 Å². The molecule has 1 aromatic heterocycles. The van der Waals surface area contributed by atoms with Crippen molar-refractivity contribution in [3.8, 4) is 0 Å². The third-order valence-electron chi connectivity index (χ3n) is 3.48. The Labute approximate surface area is 147 Å². The number of urea groups is 1. The maximum atomic E-state index is 12.9. The summed E-state index contributed by atoms with van der Waals surface area (Å²) in [5, 5.41) is 19.9. The molecule has 0 bridgehead atoms. The number of non-ortho nitro benzene ring substituents is 1. The molecule has 8 nitrogen and oxygen atoms in total. The Hall–Kier alpha value is -3.75. The molecule has 0 saturated carbocycles. The highest BCUT2D eigenvalue weighted by Crippen LogP contribution is 2.16. The van der Waals surface area contributed by atoms with Crippen LogP contribution in [0.4, 0.5) is 26.2 Å². The average molecular weight is 355 g/mol. The maximum absolute atomic E-state index is 12.9. The van der Waals surface area contributed by atoms with Crippen molar-refractivity contribution >= 4 is 23.1 Å². The SMILES string of the molecule is O=C(Nc1ccc([N+](=O)[O-])cc1)Nc1cnn(Cc2ccc(F)cc2)c1. The summed E-state index contributed by atoms with van der Waals surface area (Å²) >= 11 is 0. The molecular weight excluding hydrogens is 341 g/mol. The molecule has 2 N–H and O–H groups in total. The Bertz CT molecular complexity index is 922. The van der Waals surface area contributed by atoms with E-state index < -0.39 is 11.0 Å². The summed E-state index contributed by atoms with van der Waals surface area (Å²) in [6.45, 7) is 0.436. The van der Waals surface area contributed by atoms with E-state index >= 15 is 0 Å².